The minimum atomic E-state index is -0.326. The largest absolute Gasteiger partial charge is 0.447 e. The topological polar surface area (TPSA) is 52.3 Å². The minimum Gasteiger partial charge on any atom is -0.447 e. The van der Waals surface area contributed by atoms with E-state index in [-0.39, 0.29) is 12.2 Å². The predicted octanol–water partition coefficient (Wildman–Crippen LogP) is -0.392. The van der Waals surface area contributed by atoms with Crippen molar-refractivity contribution >= 4 is 5.97 Å². The zero-order chi connectivity index (χ0) is 5.28. The molecule has 0 aromatic heterocycles. The van der Waals surface area contributed by atoms with Gasteiger partial charge in [-0.3, -0.25) is 10.5 Å². The number of esters is 1. The van der Waals surface area contributed by atoms with Gasteiger partial charge in [0, 0.05) is 6.42 Å². The lowest BCUT2D eigenvalue weighted by molar-refractivity contribution is -0.141. The molecule has 0 bridgehead atoms. The Kier molecular flexibility index (Phi) is 0.982. The van der Waals surface area contributed by atoms with Gasteiger partial charge < -0.3 is 4.74 Å². The van der Waals surface area contributed by atoms with Crippen LogP contribution in [-0.2, 0) is 9.53 Å². The molecule has 0 aliphatic carbocycles. The van der Waals surface area contributed by atoms with E-state index in [1.54, 1.807) is 0 Å². The van der Waals surface area contributed by atoms with Gasteiger partial charge in [0.05, 0.1) is 6.42 Å². The maximum Gasteiger partial charge on any atom is 0.307 e. The highest BCUT2D eigenvalue weighted by atomic mass is 16.6. The second-order valence-corrected chi connectivity index (χ2v) is 1.57. The molecule has 1 heterocycles. The van der Waals surface area contributed by atoms with E-state index in [1.807, 2.05) is 0 Å². The van der Waals surface area contributed by atoms with Crippen molar-refractivity contribution in [3.63, 3.8) is 0 Å². The molecule has 1 saturated heterocycles. The molecular weight excluding hydrogens is 94.0 g/mol. The van der Waals surface area contributed by atoms with Crippen LogP contribution < -0.4 is 5.73 Å². The highest BCUT2D eigenvalue weighted by molar-refractivity contribution is 5.71. The van der Waals surface area contributed by atoms with Gasteiger partial charge in [0.1, 0.15) is 0 Å². The van der Waals surface area contributed by atoms with Crippen molar-refractivity contribution in [3.8, 4) is 0 Å². The number of carbonyl (C=O) groups excluding carboxylic acids is 1. The quantitative estimate of drug-likeness (QED) is 0.423. The Labute approximate surface area is 41.4 Å². The second kappa shape index (κ2) is 1.50. The van der Waals surface area contributed by atoms with Gasteiger partial charge in [0.25, 0.3) is 0 Å². The van der Waals surface area contributed by atoms with Gasteiger partial charge in [-0.15, -0.1) is 0 Å². The van der Waals surface area contributed by atoms with Crippen molar-refractivity contribution in [2.24, 2.45) is 5.73 Å². The lowest BCUT2D eigenvalue weighted by atomic mass is 10.3. The Bertz CT molecular complexity index is 91.7. The summed E-state index contributed by atoms with van der Waals surface area (Å²) in [4.78, 5) is 10.2. The molecule has 0 aromatic rings. The van der Waals surface area contributed by atoms with E-state index in [9.17, 15) is 4.79 Å². The van der Waals surface area contributed by atoms with Crippen molar-refractivity contribution in [2.45, 2.75) is 19.1 Å². The Morgan fingerprint density at radius 2 is 2.57 bits per heavy atom. The number of carbonyl (C=O) groups is 1. The molecule has 1 rings (SSSR count). The number of cyclic esters (lactones) is 1. The highest BCUT2D eigenvalue weighted by Crippen LogP contribution is 2.07. The van der Waals surface area contributed by atoms with Crippen LogP contribution in [0.25, 0.3) is 0 Å². The maximum atomic E-state index is 10.2. The standard InChI is InChI=1S/C4H7NO2/c5-3-1-2-4(6)7-3/h3H,1-2,5H2. The van der Waals surface area contributed by atoms with E-state index >= 15 is 0 Å². The first-order valence-electron chi connectivity index (χ1n) is 2.24. The number of ether oxygens (including phenoxy) is 1. The van der Waals surface area contributed by atoms with E-state index in [0.29, 0.717) is 12.8 Å². The summed E-state index contributed by atoms with van der Waals surface area (Å²) in [5, 5.41) is 0. The molecule has 0 saturated carbocycles. The third-order valence-corrected chi connectivity index (χ3v) is 0.916. The molecule has 3 nitrogen and oxygen atoms in total. The van der Waals surface area contributed by atoms with Crippen LogP contribution in [0.1, 0.15) is 12.8 Å². The van der Waals surface area contributed by atoms with Crippen molar-refractivity contribution in [3.05, 3.63) is 0 Å². The minimum absolute atomic E-state index is 0.174. The lowest BCUT2D eigenvalue weighted by Gasteiger charge is -1.96. The van der Waals surface area contributed by atoms with Crippen LogP contribution in [0, 0.1) is 0 Å². The van der Waals surface area contributed by atoms with Crippen molar-refractivity contribution in [1.29, 1.82) is 0 Å². The van der Waals surface area contributed by atoms with E-state index in [1.165, 1.54) is 0 Å². The van der Waals surface area contributed by atoms with Gasteiger partial charge in [-0.05, 0) is 0 Å². The second-order valence-electron chi connectivity index (χ2n) is 1.57. The average molecular weight is 101 g/mol. The predicted molar refractivity (Wildman–Crippen MR) is 23.3 cm³/mol. The molecule has 0 radical (unpaired) electrons. The summed E-state index contributed by atoms with van der Waals surface area (Å²) < 4.78 is 4.50. The van der Waals surface area contributed by atoms with Gasteiger partial charge >= 0.3 is 5.97 Å². The van der Waals surface area contributed by atoms with Crippen LogP contribution in [0.2, 0.25) is 0 Å². The van der Waals surface area contributed by atoms with Crippen LogP contribution >= 0.6 is 0 Å². The van der Waals surface area contributed by atoms with Crippen molar-refractivity contribution in [1.82, 2.24) is 0 Å². The lowest BCUT2D eigenvalue weighted by Crippen LogP contribution is -2.17. The Morgan fingerprint density at radius 1 is 1.86 bits per heavy atom. The van der Waals surface area contributed by atoms with Gasteiger partial charge in [0.2, 0.25) is 0 Å². The highest BCUT2D eigenvalue weighted by Gasteiger charge is 2.18. The summed E-state index contributed by atoms with van der Waals surface area (Å²) >= 11 is 0. The summed E-state index contributed by atoms with van der Waals surface area (Å²) in [5.74, 6) is -0.174. The van der Waals surface area contributed by atoms with Crippen LogP contribution in [0.4, 0.5) is 0 Å². The first-order chi connectivity index (χ1) is 3.29. The molecule has 7 heavy (non-hydrogen) atoms. The Balaban J connectivity index is 2.40. The summed E-state index contributed by atoms with van der Waals surface area (Å²) in [5.41, 5.74) is 5.18. The molecule has 3 heteroatoms. The fourth-order valence-corrected chi connectivity index (χ4v) is 0.547. The van der Waals surface area contributed by atoms with Gasteiger partial charge in [-0.25, -0.2) is 0 Å². The van der Waals surface area contributed by atoms with Crippen LogP contribution in [0.15, 0.2) is 0 Å². The molecule has 1 fully saturated rings. The first-order valence-corrected chi connectivity index (χ1v) is 2.24. The summed E-state index contributed by atoms with van der Waals surface area (Å²) in [7, 11) is 0. The Morgan fingerprint density at radius 3 is 2.71 bits per heavy atom. The van der Waals surface area contributed by atoms with E-state index in [4.69, 9.17) is 5.73 Å². The van der Waals surface area contributed by atoms with Gasteiger partial charge in [0.15, 0.2) is 6.23 Å². The average Bonchev–Trinajstić information content (AvgIpc) is 1.87. The summed E-state index contributed by atoms with van der Waals surface area (Å²) in [6, 6.07) is 0. The molecule has 1 unspecified atom stereocenters. The molecule has 0 aromatic carbocycles. The smallest absolute Gasteiger partial charge is 0.307 e. The van der Waals surface area contributed by atoms with E-state index in [0.717, 1.165) is 0 Å². The summed E-state index contributed by atoms with van der Waals surface area (Å²) in [6.07, 6.45) is 0.840. The van der Waals surface area contributed by atoms with Crippen LogP contribution in [0.5, 0.6) is 0 Å². The fourth-order valence-electron chi connectivity index (χ4n) is 0.547. The third kappa shape index (κ3) is 0.899. The fraction of sp³-hybridized carbons (Fsp3) is 0.750. The molecule has 0 spiro atoms. The van der Waals surface area contributed by atoms with Crippen LogP contribution in [0.3, 0.4) is 0 Å². The number of hydrogen-bond acceptors (Lipinski definition) is 3. The van der Waals surface area contributed by atoms with Crippen LogP contribution in [-0.4, -0.2) is 12.2 Å². The SMILES string of the molecule is NC1CCC(=O)O1. The molecule has 1 atom stereocenters. The monoisotopic (exact) mass is 101 g/mol. The van der Waals surface area contributed by atoms with Crippen molar-refractivity contribution in [2.75, 3.05) is 0 Å². The normalized spacial score (nSPS) is 30.4. The van der Waals surface area contributed by atoms with Crippen molar-refractivity contribution < 1.29 is 9.53 Å². The van der Waals surface area contributed by atoms with E-state index < -0.39 is 0 Å². The zero-order valence-corrected chi connectivity index (χ0v) is 3.89. The molecular formula is C4H7NO2. The number of rotatable bonds is 0. The molecule has 0 amide bonds. The number of nitrogens with two attached hydrogens (primary N) is 1. The van der Waals surface area contributed by atoms with Gasteiger partial charge in [-0.2, -0.15) is 0 Å². The maximum absolute atomic E-state index is 10.2. The Hall–Kier alpha value is -0.570. The molecule has 1 aliphatic heterocycles. The number of hydrogen-bond donors (Lipinski definition) is 1. The van der Waals surface area contributed by atoms with Gasteiger partial charge in [-0.1, -0.05) is 0 Å². The summed E-state index contributed by atoms with van der Waals surface area (Å²) in [6.45, 7) is 0. The first kappa shape index (κ1) is 4.59. The zero-order valence-electron chi connectivity index (χ0n) is 3.89. The molecule has 2 N–H and O–H groups in total. The molecule has 40 valence electrons. The third-order valence-electron chi connectivity index (χ3n) is 0.916. The van der Waals surface area contributed by atoms with E-state index in [2.05, 4.69) is 4.74 Å². The molecule has 1 aliphatic rings.